The van der Waals surface area contributed by atoms with E-state index >= 15 is 0 Å². The van der Waals surface area contributed by atoms with Crippen LogP contribution >= 0.6 is 0 Å². The van der Waals surface area contributed by atoms with Crippen molar-refractivity contribution in [2.24, 2.45) is 34.3 Å². The third-order valence-electron chi connectivity index (χ3n) is 8.07. The molecule has 0 aromatic rings. The summed E-state index contributed by atoms with van der Waals surface area (Å²) in [5, 5.41) is 11.2. The van der Waals surface area contributed by atoms with E-state index in [0.717, 1.165) is 25.2 Å². The number of rotatable bonds is 1. The highest BCUT2D eigenvalue weighted by molar-refractivity contribution is 5.41. The predicted octanol–water partition coefficient (Wildman–Crippen LogP) is 2.69. The monoisotopic (exact) mass is 249 g/mol. The fourth-order valence-corrected chi connectivity index (χ4v) is 6.68. The summed E-state index contributed by atoms with van der Waals surface area (Å²) in [5.41, 5.74) is 6.95. The van der Waals surface area contributed by atoms with E-state index in [1.165, 1.54) is 19.3 Å². The van der Waals surface area contributed by atoms with Gasteiger partial charge in [0.25, 0.3) is 0 Å². The Kier molecular flexibility index (Phi) is 1.84. The average Bonchev–Trinajstić information content (AvgIpc) is 2.62. The Morgan fingerprint density at radius 1 is 1.06 bits per heavy atom. The molecule has 0 saturated heterocycles. The lowest BCUT2D eigenvalue weighted by molar-refractivity contribution is -0.0773. The average molecular weight is 249 g/mol. The standard InChI is InChI=1S/C16H27NO/c1-13(2)14(3)10-9-16(13,17)12(11(10)14)15(18)7-5-4-6-8-15/h10-12,18H,4-9,17H2,1-3H3. The fourth-order valence-electron chi connectivity index (χ4n) is 6.68. The minimum absolute atomic E-state index is 0.108. The van der Waals surface area contributed by atoms with Gasteiger partial charge in [0.05, 0.1) is 5.60 Å². The maximum absolute atomic E-state index is 11.2. The molecule has 3 N–H and O–H groups in total. The molecule has 4 bridgehead atoms. The van der Waals surface area contributed by atoms with Gasteiger partial charge in [-0.15, -0.1) is 0 Å². The van der Waals surface area contributed by atoms with Crippen LogP contribution in [0, 0.1) is 28.6 Å². The summed E-state index contributed by atoms with van der Waals surface area (Å²) in [5.74, 6) is 1.88. The van der Waals surface area contributed by atoms with Gasteiger partial charge in [0.2, 0.25) is 0 Å². The lowest BCUT2D eigenvalue weighted by Gasteiger charge is -2.47. The van der Waals surface area contributed by atoms with Crippen molar-refractivity contribution in [2.45, 2.75) is 70.4 Å². The highest BCUT2D eigenvalue weighted by Gasteiger charge is 2.90. The highest BCUT2D eigenvalue weighted by Crippen LogP contribution is 2.89. The first kappa shape index (κ1) is 11.7. The van der Waals surface area contributed by atoms with Crippen molar-refractivity contribution in [3.63, 3.8) is 0 Å². The second kappa shape index (κ2) is 2.83. The third-order valence-corrected chi connectivity index (χ3v) is 8.07. The molecule has 0 spiro atoms. The van der Waals surface area contributed by atoms with E-state index in [0.29, 0.717) is 17.3 Å². The van der Waals surface area contributed by atoms with Crippen LogP contribution in [0.25, 0.3) is 0 Å². The zero-order valence-electron chi connectivity index (χ0n) is 12.0. The molecule has 5 aliphatic carbocycles. The van der Waals surface area contributed by atoms with Crippen LogP contribution in [0.1, 0.15) is 59.3 Å². The van der Waals surface area contributed by atoms with Crippen LogP contribution in [0.3, 0.4) is 0 Å². The Hall–Kier alpha value is -0.0800. The zero-order chi connectivity index (χ0) is 13.0. The zero-order valence-corrected chi connectivity index (χ0v) is 12.0. The Labute approximate surface area is 110 Å². The lowest BCUT2D eigenvalue weighted by Crippen LogP contribution is -2.59. The molecule has 0 amide bonds. The summed E-state index contributed by atoms with van der Waals surface area (Å²) in [6.45, 7) is 7.15. The van der Waals surface area contributed by atoms with Crippen molar-refractivity contribution in [2.75, 3.05) is 0 Å². The van der Waals surface area contributed by atoms with Crippen LogP contribution in [0.15, 0.2) is 0 Å². The van der Waals surface area contributed by atoms with Gasteiger partial charge >= 0.3 is 0 Å². The Bertz CT molecular complexity index is 411. The van der Waals surface area contributed by atoms with Crippen molar-refractivity contribution in [1.82, 2.24) is 0 Å². The maximum Gasteiger partial charge on any atom is 0.0696 e. The molecule has 0 radical (unpaired) electrons. The van der Waals surface area contributed by atoms with Gasteiger partial charge in [-0.05, 0) is 41.9 Å². The summed E-state index contributed by atoms with van der Waals surface area (Å²) in [6, 6.07) is 0. The summed E-state index contributed by atoms with van der Waals surface area (Å²) < 4.78 is 0. The molecule has 2 heteroatoms. The number of aliphatic hydroxyl groups is 1. The van der Waals surface area contributed by atoms with Crippen molar-refractivity contribution in [3.05, 3.63) is 0 Å². The molecule has 5 unspecified atom stereocenters. The topological polar surface area (TPSA) is 46.2 Å². The molecular weight excluding hydrogens is 222 g/mol. The van der Waals surface area contributed by atoms with Crippen molar-refractivity contribution in [3.8, 4) is 0 Å². The lowest BCUT2D eigenvalue weighted by atomic mass is 9.63. The number of hydrogen-bond donors (Lipinski definition) is 2. The molecule has 5 fully saturated rings. The molecule has 0 aromatic carbocycles. The summed E-state index contributed by atoms with van der Waals surface area (Å²) >= 11 is 0. The van der Waals surface area contributed by atoms with Gasteiger partial charge in [-0.25, -0.2) is 0 Å². The largest absolute Gasteiger partial charge is 0.390 e. The molecule has 0 aromatic heterocycles. The van der Waals surface area contributed by atoms with Gasteiger partial charge in [0.15, 0.2) is 0 Å². The third kappa shape index (κ3) is 0.895. The van der Waals surface area contributed by atoms with Crippen LogP contribution in [0.4, 0.5) is 0 Å². The van der Waals surface area contributed by atoms with Crippen molar-refractivity contribution in [1.29, 1.82) is 0 Å². The number of hydrogen-bond acceptors (Lipinski definition) is 2. The SMILES string of the molecule is CC12C3CC(N)(C(C4(O)CCCCC4)C31)C2(C)C. The first-order valence-corrected chi connectivity index (χ1v) is 7.80. The van der Waals surface area contributed by atoms with E-state index < -0.39 is 5.60 Å². The summed E-state index contributed by atoms with van der Waals surface area (Å²) in [4.78, 5) is 0. The van der Waals surface area contributed by atoms with Crippen molar-refractivity contribution < 1.29 is 5.11 Å². The molecule has 5 rings (SSSR count). The van der Waals surface area contributed by atoms with Crippen LogP contribution in [0.2, 0.25) is 0 Å². The summed E-state index contributed by atoms with van der Waals surface area (Å²) in [7, 11) is 0. The summed E-state index contributed by atoms with van der Waals surface area (Å²) in [6.07, 6.45) is 6.82. The molecule has 5 saturated carbocycles. The van der Waals surface area contributed by atoms with Gasteiger partial charge in [0.1, 0.15) is 0 Å². The maximum atomic E-state index is 11.2. The van der Waals surface area contributed by atoms with E-state index in [1.54, 1.807) is 0 Å². The van der Waals surface area contributed by atoms with Gasteiger partial charge in [-0.1, -0.05) is 40.0 Å². The fraction of sp³-hybridized carbons (Fsp3) is 1.00. The highest BCUT2D eigenvalue weighted by atomic mass is 16.3. The smallest absolute Gasteiger partial charge is 0.0696 e. The Morgan fingerprint density at radius 2 is 1.67 bits per heavy atom. The molecule has 18 heavy (non-hydrogen) atoms. The van der Waals surface area contributed by atoms with Crippen LogP contribution in [-0.4, -0.2) is 16.2 Å². The minimum atomic E-state index is -0.446. The second-order valence-corrected chi connectivity index (χ2v) is 8.43. The van der Waals surface area contributed by atoms with Crippen LogP contribution < -0.4 is 5.73 Å². The van der Waals surface area contributed by atoms with Gasteiger partial charge in [-0.2, -0.15) is 0 Å². The predicted molar refractivity (Wildman–Crippen MR) is 71.9 cm³/mol. The molecule has 0 aliphatic heterocycles. The molecule has 0 heterocycles. The molecular formula is C16H27NO. The quantitative estimate of drug-likeness (QED) is 0.750. The first-order chi connectivity index (χ1) is 8.29. The first-order valence-electron chi connectivity index (χ1n) is 7.80. The number of nitrogens with two attached hydrogens (primary N) is 1. The molecule has 5 atom stereocenters. The Balaban J connectivity index is 1.77. The molecule has 5 aliphatic rings. The van der Waals surface area contributed by atoms with Gasteiger partial charge in [-0.3, -0.25) is 0 Å². The van der Waals surface area contributed by atoms with E-state index in [2.05, 4.69) is 20.8 Å². The van der Waals surface area contributed by atoms with Crippen LogP contribution in [-0.2, 0) is 0 Å². The second-order valence-electron chi connectivity index (χ2n) is 8.43. The van der Waals surface area contributed by atoms with E-state index in [9.17, 15) is 5.11 Å². The van der Waals surface area contributed by atoms with E-state index in [-0.39, 0.29) is 11.0 Å². The molecule has 102 valence electrons. The minimum Gasteiger partial charge on any atom is -0.390 e. The van der Waals surface area contributed by atoms with E-state index in [4.69, 9.17) is 5.73 Å². The van der Waals surface area contributed by atoms with Crippen LogP contribution in [0.5, 0.6) is 0 Å². The Morgan fingerprint density at radius 3 is 2.06 bits per heavy atom. The van der Waals surface area contributed by atoms with Gasteiger partial charge in [0, 0.05) is 11.5 Å². The normalized spacial score (nSPS) is 58.8. The van der Waals surface area contributed by atoms with Gasteiger partial charge < -0.3 is 10.8 Å². The van der Waals surface area contributed by atoms with Crippen molar-refractivity contribution >= 4 is 0 Å². The molecule has 2 nitrogen and oxygen atoms in total. The van der Waals surface area contributed by atoms with E-state index in [1.807, 2.05) is 0 Å².